The summed E-state index contributed by atoms with van der Waals surface area (Å²) >= 11 is 7.28. The third-order valence-electron chi connectivity index (χ3n) is 10.9. The Hall–Kier alpha value is -4.81. The maximum atomic E-state index is 18.3. The zero-order chi connectivity index (χ0) is 38.7. The number of benzene rings is 2. The van der Waals surface area contributed by atoms with E-state index in [2.05, 4.69) is 31.5 Å². The van der Waals surface area contributed by atoms with Crippen molar-refractivity contribution in [1.29, 1.82) is 0 Å². The Labute approximate surface area is 320 Å². The van der Waals surface area contributed by atoms with Crippen LogP contribution in [0.3, 0.4) is 0 Å². The first-order valence-corrected chi connectivity index (χ1v) is 19.1. The van der Waals surface area contributed by atoms with Gasteiger partial charge in [0, 0.05) is 54.1 Å². The summed E-state index contributed by atoms with van der Waals surface area (Å²) in [5, 5.41) is 8.72. The second-order valence-corrected chi connectivity index (χ2v) is 16.0. The molecule has 5 heterocycles. The van der Waals surface area contributed by atoms with Crippen LogP contribution in [0.4, 0.5) is 15.8 Å². The van der Waals surface area contributed by atoms with Gasteiger partial charge in [-0.3, -0.25) is 19.3 Å². The molecule has 1 amide bonds. The molecule has 13 heteroatoms. The van der Waals surface area contributed by atoms with Crippen LogP contribution in [0, 0.1) is 12.7 Å². The molecule has 0 spiro atoms. The van der Waals surface area contributed by atoms with Gasteiger partial charge in [0.1, 0.15) is 12.0 Å². The third-order valence-corrected chi connectivity index (χ3v) is 11.2. The van der Waals surface area contributed by atoms with E-state index in [9.17, 15) is 4.79 Å². The predicted octanol–water partition coefficient (Wildman–Crippen LogP) is 7.04. The Morgan fingerprint density at radius 1 is 1.06 bits per heavy atom. The maximum Gasteiger partial charge on any atom is 0.281 e. The van der Waals surface area contributed by atoms with Crippen molar-refractivity contribution in [3.63, 3.8) is 0 Å². The van der Waals surface area contributed by atoms with Gasteiger partial charge in [0.2, 0.25) is 5.91 Å². The van der Waals surface area contributed by atoms with Crippen LogP contribution in [0.15, 0.2) is 48.2 Å². The van der Waals surface area contributed by atoms with Crippen molar-refractivity contribution in [2.45, 2.75) is 71.9 Å². The third kappa shape index (κ3) is 6.13. The fourth-order valence-electron chi connectivity index (χ4n) is 8.42. The van der Waals surface area contributed by atoms with Gasteiger partial charge in [0.05, 0.1) is 51.1 Å². The van der Waals surface area contributed by atoms with Gasteiger partial charge in [-0.25, -0.2) is 14.4 Å². The molecule has 0 bridgehead atoms. The summed E-state index contributed by atoms with van der Waals surface area (Å²) in [7, 11) is 4.05. The van der Waals surface area contributed by atoms with E-state index in [1.54, 1.807) is 10.8 Å². The Morgan fingerprint density at radius 2 is 1.76 bits per heavy atom. The summed E-state index contributed by atoms with van der Waals surface area (Å²) in [5.74, 6) is -0.960. The van der Waals surface area contributed by atoms with Crippen LogP contribution < -0.4 is 15.4 Å². The van der Waals surface area contributed by atoms with E-state index in [4.69, 9.17) is 21.6 Å². The van der Waals surface area contributed by atoms with E-state index >= 15 is 9.18 Å². The number of nitrogens with zero attached hydrogens (tertiary/aromatic N) is 8. The lowest BCUT2D eigenvalue weighted by molar-refractivity contribution is -0.128. The molecule has 1 saturated heterocycles. The quantitative estimate of drug-likeness (QED) is 0.160. The SMILES string of the molecule is C=CC(=O)N1CC2CN(CCCN(C)C)c3c(c4cc(Cl)c(-c5c(C)ccc6[nH]ncc56)c(F)c4n(-c4c(C(C)C)ncnc4C(C)C)c3=O)N2CC1C. The van der Waals surface area contributed by atoms with Gasteiger partial charge in [-0.2, -0.15) is 5.10 Å². The molecule has 5 aromatic rings. The van der Waals surface area contributed by atoms with Crippen LogP contribution in [0.2, 0.25) is 5.02 Å². The van der Waals surface area contributed by atoms with Crippen molar-refractivity contribution in [3.8, 4) is 16.8 Å². The smallest absolute Gasteiger partial charge is 0.281 e. The van der Waals surface area contributed by atoms with E-state index in [-0.39, 0.29) is 51.5 Å². The van der Waals surface area contributed by atoms with Gasteiger partial charge < -0.3 is 19.6 Å². The minimum Gasteiger partial charge on any atom is -0.363 e. The number of carbonyl (C=O) groups is 1. The van der Waals surface area contributed by atoms with Crippen molar-refractivity contribution in [2.24, 2.45) is 0 Å². The lowest BCUT2D eigenvalue weighted by Gasteiger charge is -2.52. The Balaban J connectivity index is 1.64. The summed E-state index contributed by atoms with van der Waals surface area (Å²) in [6.07, 6.45) is 5.35. The summed E-state index contributed by atoms with van der Waals surface area (Å²) < 4.78 is 19.8. The Kier molecular flexibility index (Phi) is 10.0. The largest absolute Gasteiger partial charge is 0.363 e. The van der Waals surface area contributed by atoms with Gasteiger partial charge in [-0.15, -0.1) is 0 Å². The molecular weight excluding hydrogens is 705 g/mol. The second-order valence-electron chi connectivity index (χ2n) is 15.6. The summed E-state index contributed by atoms with van der Waals surface area (Å²) in [4.78, 5) is 46.5. The van der Waals surface area contributed by atoms with Crippen molar-refractivity contribution in [1.82, 2.24) is 34.5 Å². The number of hydrogen-bond acceptors (Lipinski definition) is 8. The lowest BCUT2D eigenvalue weighted by atomic mass is 9.92. The molecule has 0 aliphatic carbocycles. The van der Waals surface area contributed by atoms with Crippen LogP contribution >= 0.6 is 11.6 Å². The molecule has 2 unspecified atom stereocenters. The first-order valence-electron chi connectivity index (χ1n) is 18.7. The van der Waals surface area contributed by atoms with Crippen molar-refractivity contribution in [3.05, 3.63) is 81.5 Å². The highest BCUT2D eigenvalue weighted by molar-refractivity contribution is 6.35. The van der Waals surface area contributed by atoms with Gasteiger partial charge in [-0.1, -0.05) is 51.9 Å². The average molecular weight is 754 g/mol. The summed E-state index contributed by atoms with van der Waals surface area (Å²) in [6.45, 7) is 18.5. The summed E-state index contributed by atoms with van der Waals surface area (Å²) in [5.41, 5.74) is 5.04. The molecule has 1 fully saturated rings. The van der Waals surface area contributed by atoms with Gasteiger partial charge >= 0.3 is 0 Å². The number of hydrogen-bond donors (Lipinski definition) is 1. The Bertz CT molecular complexity index is 2320. The highest BCUT2D eigenvalue weighted by Crippen LogP contribution is 2.48. The number of anilines is 2. The topological polar surface area (TPSA) is 106 Å². The molecule has 11 nitrogen and oxygen atoms in total. The molecule has 3 aromatic heterocycles. The number of carbonyl (C=O) groups excluding carboxylic acids is 1. The number of aromatic nitrogens is 5. The number of aromatic amines is 1. The molecule has 2 aliphatic rings. The molecule has 2 aromatic carbocycles. The molecule has 2 aliphatic heterocycles. The number of fused-ring (bicyclic) bond motifs is 6. The molecule has 54 heavy (non-hydrogen) atoms. The monoisotopic (exact) mass is 753 g/mol. The van der Waals surface area contributed by atoms with Crippen LogP contribution in [0.5, 0.6) is 0 Å². The standard InChI is InChI=1S/C41H49ClFN9O2/c1-10-31(53)50-20-26-19-49(15-11-14-48(8)9)40-38(51(26)18-25(50)7)27-16-29(42)33(32-24(6)12-13-30-28(32)17-46-47-30)34(43)37(27)52(41(40)54)39-35(22(2)3)44-21-45-36(39)23(4)5/h10,12-13,16-17,21-23,25-26H,1,11,14-15,18-20H2,2-9H3,(H,46,47). The highest BCUT2D eigenvalue weighted by Gasteiger charge is 2.43. The van der Waals surface area contributed by atoms with Crippen LogP contribution in [0.25, 0.3) is 38.6 Å². The van der Waals surface area contributed by atoms with Gasteiger partial charge in [0.25, 0.3) is 5.56 Å². The van der Waals surface area contributed by atoms with E-state index in [0.717, 1.165) is 29.4 Å². The molecule has 7 rings (SSSR count). The molecule has 0 saturated carbocycles. The zero-order valence-corrected chi connectivity index (χ0v) is 33.1. The number of piperazine rings is 1. The molecule has 0 radical (unpaired) electrons. The first kappa shape index (κ1) is 37.5. The van der Waals surface area contributed by atoms with Crippen molar-refractivity contribution in [2.75, 3.05) is 56.6 Å². The maximum absolute atomic E-state index is 18.3. The molecule has 284 valence electrons. The fourth-order valence-corrected chi connectivity index (χ4v) is 8.71. The van der Waals surface area contributed by atoms with Crippen LogP contribution in [-0.2, 0) is 4.79 Å². The minimum atomic E-state index is -0.614. The Morgan fingerprint density at radius 3 is 2.41 bits per heavy atom. The van der Waals surface area contributed by atoms with Gasteiger partial charge in [-0.05, 0) is 76.5 Å². The normalized spacial score (nSPS) is 17.3. The number of halogens is 2. The summed E-state index contributed by atoms with van der Waals surface area (Å²) in [6, 6.07) is 5.28. The van der Waals surface area contributed by atoms with Crippen LogP contribution in [-0.4, -0.2) is 99.3 Å². The predicted molar refractivity (Wildman–Crippen MR) is 216 cm³/mol. The van der Waals surface area contributed by atoms with E-state index < -0.39 is 5.82 Å². The second kappa shape index (κ2) is 14.4. The lowest BCUT2D eigenvalue weighted by Crippen LogP contribution is -2.64. The van der Waals surface area contributed by atoms with E-state index in [1.165, 1.54) is 12.4 Å². The number of aryl methyl sites for hydroxylation is 1. The zero-order valence-electron chi connectivity index (χ0n) is 32.4. The van der Waals surface area contributed by atoms with E-state index in [0.29, 0.717) is 65.6 Å². The van der Waals surface area contributed by atoms with Crippen LogP contribution in [0.1, 0.15) is 69.8 Å². The molecule has 2 atom stereocenters. The van der Waals surface area contributed by atoms with Gasteiger partial charge in [0.15, 0.2) is 5.82 Å². The first-order chi connectivity index (χ1) is 25.7. The molecule has 1 N–H and O–H groups in total. The number of pyridine rings is 1. The number of amides is 1. The minimum absolute atomic E-state index is 0.105. The van der Waals surface area contributed by atoms with Crippen molar-refractivity contribution >= 4 is 50.7 Å². The highest BCUT2D eigenvalue weighted by atomic mass is 35.5. The number of nitrogens with one attached hydrogen (secondary N) is 1. The average Bonchev–Trinajstić information content (AvgIpc) is 3.61. The van der Waals surface area contributed by atoms with E-state index in [1.807, 2.05) is 78.7 Å². The number of rotatable bonds is 9. The van der Waals surface area contributed by atoms with Crippen molar-refractivity contribution < 1.29 is 9.18 Å². The molecular formula is C41H49ClFN9O2. The number of H-pyrrole nitrogens is 1. The fraction of sp³-hybridized carbons (Fsp3) is 0.439.